The number of hydrogen-bond acceptors (Lipinski definition) is 14. The predicted octanol–water partition coefficient (Wildman–Crippen LogP) is 8.31. The van der Waals surface area contributed by atoms with Crippen molar-refractivity contribution >= 4 is 5.91 Å². The van der Waals surface area contributed by atoms with E-state index in [1.165, 1.54) is 173 Å². The monoisotopic (exact) mass is 1020 g/mol. The molecular formula is C56H109NO14. The number of rotatable bonds is 47. The van der Waals surface area contributed by atoms with E-state index in [9.17, 15) is 50.8 Å². The second-order valence-electron chi connectivity index (χ2n) is 21.3. The molecule has 0 aromatic carbocycles. The third kappa shape index (κ3) is 29.2. The summed E-state index contributed by atoms with van der Waals surface area (Å²) in [4.78, 5) is 13.4. The van der Waals surface area contributed by atoms with Crippen molar-refractivity contribution in [3.8, 4) is 0 Å². The summed E-state index contributed by atoms with van der Waals surface area (Å²) < 4.78 is 23.0. The summed E-state index contributed by atoms with van der Waals surface area (Å²) in [5, 5.41) is 98.2. The van der Waals surface area contributed by atoms with Crippen molar-refractivity contribution in [1.29, 1.82) is 0 Å². The Labute approximate surface area is 430 Å². The maximum atomic E-state index is 13.4. The molecule has 71 heavy (non-hydrogen) atoms. The van der Waals surface area contributed by atoms with E-state index in [1.54, 1.807) is 0 Å². The first-order valence-corrected chi connectivity index (χ1v) is 29.4. The van der Waals surface area contributed by atoms with E-state index in [0.717, 1.165) is 38.5 Å². The molecule has 2 aliphatic rings. The smallest absolute Gasteiger partial charge is 0.220 e. The highest BCUT2D eigenvalue weighted by Gasteiger charge is 2.51. The zero-order chi connectivity index (χ0) is 51.9. The molecule has 0 spiro atoms. The summed E-state index contributed by atoms with van der Waals surface area (Å²) in [5.41, 5.74) is 0. The molecule has 13 atom stereocenters. The van der Waals surface area contributed by atoms with Crippen LogP contribution in [0.3, 0.4) is 0 Å². The first-order valence-electron chi connectivity index (χ1n) is 29.4. The van der Waals surface area contributed by atoms with Gasteiger partial charge in [-0.2, -0.15) is 0 Å². The van der Waals surface area contributed by atoms with Gasteiger partial charge in [0.15, 0.2) is 12.6 Å². The summed E-state index contributed by atoms with van der Waals surface area (Å²) in [6.45, 7) is 2.61. The van der Waals surface area contributed by atoms with Crippen LogP contribution >= 0.6 is 0 Å². The summed E-state index contributed by atoms with van der Waals surface area (Å²) in [7, 11) is 0. The van der Waals surface area contributed by atoms with Gasteiger partial charge in [-0.3, -0.25) is 4.79 Å². The van der Waals surface area contributed by atoms with Crippen molar-refractivity contribution in [2.75, 3.05) is 19.8 Å². The first-order chi connectivity index (χ1) is 34.5. The van der Waals surface area contributed by atoms with Gasteiger partial charge < -0.3 is 70.2 Å². The average molecular weight is 1020 g/mol. The molecule has 0 saturated carbocycles. The van der Waals surface area contributed by atoms with Crippen LogP contribution in [0, 0.1) is 0 Å². The molecule has 0 aromatic heterocycles. The fourth-order valence-electron chi connectivity index (χ4n) is 10.1. The minimum Gasteiger partial charge on any atom is -0.394 e. The molecule has 15 heteroatoms. The maximum absolute atomic E-state index is 13.4. The van der Waals surface area contributed by atoms with Crippen LogP contribution in [0.25, 0.3) is 0 Å². The highest BCUT2D eigenvalue weighted by molar-refractivity contribution is 5.76. The van der Waals surface area contributed by atoms with Crippen LogP contribution in [0.2, 0.25) is 0 Å². The summed E-state index contributed by atoms with van der Waals surface area (Å²) >= 11 is 0. The summed E-state index contributed by atoms with van der Waals surface area (Å²) in [5.74, 6) is -0.332. The van der Waals surface area contributed by atoms with Crippen LogP contribution in [0.5, 0.6) is 0 Å². The van der Waals surface area contributed by atoms with Crippen LogP contribution < -0.4 is 5.32 Å². The highest BCUT2D eigenvalue weighted by atomic mass is 16.8. The van der Waals surface area contributed by atoms with E-state index < -0.39 is 99.5 Å². The number of nitrogens with one attached hydrogen (secondary N) is 1. The van der Waals surface area contributed by atoms with Crippen LogP contribution in [-0.4, -0.2) is 151 Å². The van der Waals surface area contributed by atoms with Crippen LogP contribution in [0.4, 0.5) is 0 Å². The zero-order valence-corrected chi connectivity index (χ0v) is 44.9. The quantitative estimate of drug-likeness (QED) is 0.0258. The molecule has 2 rings (SSSR count). The predicted molar refractivity (Wildman–Crippen MR) is 278 cm³/mol. The van der Waals surface area contributed by atoms with Gasteiger partial charge in [0.25, 0.3) is 0 Å². The van der Waals surface area contributed by atoms with Gasteiger partial charge in [0.2, 0.25) is 5.91 Å². The van der Waals surface area contributed by atoms with Crippen molar-refractivity contribution < 1.29 is 69.7 Å². The Bertz CT molecular complexity index is 1220. The van der Waals surface area contributed by atoms with Crippen molar-refractivity contribution in [2.24, 2.45) is 0 Å². The van der Waals surface area contributed by atoms with E-state index >= 15 is 0 Å². The fourth-order valence-corrected chi connectivity index (χ4v) is 10.1. The number of amides is 1. The maximum Gasteiger partial charge on any atom is 0.220 e. The minimum absolute atomic E-state index is 0.206. The molecule has 0 aliphatic carbocycles. The van der Waals surface area contributed by atoms with Gasteiger partial charge in [-0.15, -0.1) is 0 Å². The topological polar surface area (TPSA) is 248 Å². The van der Waals surface area contributed by atoms with Gasteiger partial charge in [-0.1, -0.05) is 232 Å². The van der Waals surface area contributed by atoms with Crippen LogP contribution in [-0.2, 0) is 23.7 Å². The second kappa shape index (κ2) is 43.1. The van der Waals surface area contributed by atoms with E-state index in [0.29, 0.717) is 19.3 Å². The lowest BCUT2D eigenvalue weighted by atomic mass is 9.97. The molecule has 10 unspecified atom stereocenters. The van der Waals surface area contributed by atoms with E-state index in [-0.39, 0.29) is 12.3 Å². The summed E-state index contributed by atoms with van der Waals surface area (Å²) in [6.07, 6.45) is 24.7. The molecular weight excluding hydrogens is 911 g/mol. The molecule has 15 nitrogen and oxygen atoms in total. The number of aliphatic hydroxyl groups excluding tert-OH is 9. The van der Waals surface area contributed by atoms with Gasteiger partial charge in [0.1, 0.15) is 54.9 Å². The molecule has 0 aromatic rings. The van der Waals surface area contributed by atoms with Gasteiger partial charge in [-0.05, 0) is 12.8 Å². The first kappa shape index (κ1) is 66.1. The van der Waals surface area contributed by atoms with Gasteiger partial charge in [-0.25, -0.2) is 0 Å². The van der Waals surface area contributed by atoms with Crippen molar-refractivity contribution in [3.05, 3.63) is 0 Å². The van der Waals surface area contributed by atoms with Crippen molar-refractivity contribution in [3.63, 3.8) is 0 Å². The Balaban J connectivity index is 1.81. The number of aliphatic hydroxyl groups is 9. The standard InChI is InChI=1S/C56H109NO14/c1-3-5-7-9-11-13-15-17-18-19-20-21-22-23-24-25-26-27-29-31-33-35-37-39-47(61)57-43(48(62)44(60)38-36-34-32-30-28-16-14-12-10-8-6-4-2)42-68-56-54(52(66)50(64)46(41-59)70-56)71-55-53(67)51(65)49(63)45(40-58)69-55/h43-46,48-56,58-60,62-67H,3-42H2,1-2H3,(H,57,61)/t43-,44+,45?,46?,48-,49?,50?,51?,52?,53?,54?,55?,56?/m0/s1. The lowest BCUT2D eigenvalue weighted by molar-refractivity contribution is -0.368. The van der Waals surface area contributed by atoms with Crippen molar-refractivity contribution in [1.82, 2.24) is 5.32 Å². The second-order valence-corrected chi connectivity index (χ2v) is 21.3. The third-order valence-corrected chi connectivity index (χ3v) is 14.9. The molecule has 422 valence electrons. The minimum atomic E-state index is -1.84. The molecule has 1 amide bonds. The number of carbonyl (C=O) groups excluding carboxylic acids is 1. The number of carbonyl (C=O) groups is 1. The lowest BCUT2D eigenvalue weighted by Gasteiger charge is -2.46. The van der Waals surface area contributed by atoms with E-state index in [2.05, 4.69) is 19.2 Å². The lowest BCUT2D eigenvalue weighted by Crippen LogP contribution is -2.65. The Kier molecular flexibility index (Phi) is 40.1. The Morgan fingerprint density at radius 2 is 0.817 bits per heavy atom. The molecule has 2 saturated heterocycles. The Morgan fingerprint density at radius 3 is 1.21 bits per heavy atom. The van der Waals surface area contributed by atoms with Gasteiger partial charge in [0.05, 0.1) is 32.0 Å². The average Bonchev–Trinajstić information content (AvgIpc) is 3.37. The zero-order valence-electron chi connectivity index (χ0n) is 44.9. The van der Waals surface area contributed by atoms with E-state index in [1.807, 2.05) is 0 Å². The normalized spacial score (nSPS) is 26.1. The SMILES string of the molecule is CCCCCCCCCCCCCCCCCCCCCCCCCC(=O)N[C@@H](COC1OC(CO)C(O)C(O)C1OC1OC(CO)C(O)C(O)C1O)[C@H](O)[C@H](O)CCCCCCCCCCCCCC. The van der Waals surface area contributed by atoms with Crippen LogP contribution in [0.15, 0.2) is 0 Å². The largest absolute Gasteiger partial charge is 0.394 e. The molecule has 0 bridgehead atoms. The third-order valence-electron chi connectivity index (χ3n) is 14.9. The Hall–Kier alpha value is -1.05. The molecule has 2 fully saturated rings. The fraction of sp³-hybridized carbons (Fsp3) is 0.982. The molecule has 2 aliphatic heterocycles. The summed E-state index contributed by atoms with van der Waals surface area (Å²) in [6, 6.07) is -1.13. The van der Waals surface area contributed by atoms with Crippen molar-refractivity contribution in [2.45, 2.75) is 331 Å². The Morgan fingerprint density at radius 1 is 0.465 bits per heavy atom. The molecule has 10 N–H and O–H groups in total. The molecule has 0 radical (unpaired) electrons. The number of unbranched alkanes of at least 4 members (excludes halogenated alkanes) is 33. The number of ether oxygens (including phenoxy) is 4. The molecule has 2 heterocycles. The highest BCUT2D eigenvalue weighted by Crippen LogP contribution is 2.30. The van der Waals surface area contributed by atoms with E-state index in [4.69, 9.17) is 18.9 Å². The van der Waals surface area contributed by atoms with Gasteiger partial charge >= 0.3 is 0 Å². The number of hydrogen-bond donors (Lipinski definition) is 10. The van der Waals surface area contributed by atoms with Crippen LogP contribution in [0.1, 0.15) is 251 Å². The van der Waals surface area contributed by atoms with Gasteiger partial charge in [0, 0.05) is 6.42 Å².